The number of nitrogen functional groups attached to an aromatic ring is 1. The van der Waals surface area contributed by atoms with Gasteiger partial charge in [0.1, 0.15) is 10.0 Å². The highest BCUT2D eigenvalue weighted by Gasteiger charge is 2.17. The van der Waals surface area contributed by atoms with Crippen molar-refractivity contribution in [3.8, 4) is 0 Å². The van der Waals surface area contributed by atoms with Gasteiger partial charge >= 0.3 is 0 Å². The van der Waals surface area contributed by atoms with Crippen molar-refractivity contribution in [2.45, 2.75) is 4.90 Å². The zero-order valence-electron chi connectivity index (χ0n) is 9.47. The van der Waals surface area contributed by atoms with Gasteiger partial charge < -0.3 is 5.73 Å². The van der Waals surface area contributed by atoms with Crippen molar-refractivity contribution in [2.24, 2.45) is 0 Å². The van der Waals surface area contributed by atoms with Gasteiger partial charge in [-0.15, -0.1) is 0 Å². The van der Waals surface area contributed by atoms with E-state index in [0.29, 0.717) is 15.8 Å². The molecule has 3 N–H and O–H groups in total. The summed E-state index contributed by atoms with van der Waals surface area (Å²) in [5.74, 6) is 0. The summed E-state index contributed by atoms with van der Waals surface area (Å²) in [5, 5.41) is 0.205. The summed E-state index contributed by atoms with van der Waals surface area (Å²) < 4.78 is 27.2. The van der Waals surface area contributed by atoms with Gasteiger partial charge in [0.15, 0.2) is 0 Å². The summed E-state index contributed by atoms with van der Waals surface area (Å²) >= 11 is 8.87. The first-order chi connectivity index (χ1) is 8.88. The Balaban J connectivity index is 2.38. The van der Waals surface area contributed by atoms with E-state index in [0.717, 1.165) is 0 Å². The van der Waals surface area contributed by atoms with E-state index in [2.05, 4.69) is 25.6 Å². The number of pyridine rings is 1. The van der Waals surface area contributed by atoms with E-state index >= 15 is 0 Å². The van der Waals surface area contributed by atoms with Crippen LogP contribution in [0.15, 0.2) is 45.9 Å². The fourth-order valence-electron chi connectivity index (χ4n) is 1.41. The number of aromatic nitrogens is 1. The molecule has 19 heavy (non-hydrogen) atoms. The minimum Gasteiger partial charge on any atom is -0.399 e. The lowest BCUT2D eigenvalue weighted by Gasteiger charge is -2.10. The predicted molar refractivity (Wildman–Crippen MR) is 78.6 cm³/mol. The van der Waals surface area contributed by atoms with Crippen LogP contribution in [0.5, 0.6) is 0 Å². The highest BCUT2D eigenvalue weighted by Crippen LogP contribution is 2.26. The largest absolute Gasteiger partial charge is 0.399 e. The first kappa shape index (κ1) is 14.1. The van der Waals surface area contributed by atoms with Gasteiger partial charge in [-0.1, -0.05) is 11.6 Å². The molecule has 0 fully saturated rings. The molecule has 0 amide bonds. The summed E-state index contributed by atoms with van der Waals surface area (Å²) in [7, 11) is -3.72. The third-order valence-corrected chi connectivity index (χ3v) is 4.79. The van der Waals surface area contributed by atoms with E-state index in [-0.39, 0.29) is 10.0 Å². The highest BCUT2D eigenvalue weighted by molar-refractivity contribution is 9.10. The van der Waals surface area contributed by atoms with E-state index in [4.69, 9.17) is 17.3 Å². The molecule has 1 aromatic heterocycles. The van der Waals surface area contributed by atoms with Crippen LogP contribution in [0.3, 0.4) is 0 Å². The number of nitrogens with zero attached hydrogens (tertiary/aromatic N) is 1. The van der Waals surface area contributed by atoms with Gasteiger partial charge in [-0.2, -0.15) is 0 Å². The maximum Gasteiger partial charge on any atom is 0.263 e. The number of hydrogen-bond donors (Lipinski definition) is 2. The summed E-state index contributed by atoms with van der Waals surface area (Å²) in [4.78, 5) is 3.87. The molecular formula is C11H9BrClN3O2S. The maximum atomic E-state index is 12.2. The summed E-state index contributed by atoms with van der Waals surface area (Å²) in [6.45, 7) is 0. The lowest BCUT2D eigenvalue weighted by molar-refractivity contribution is 0.601. The topological polar surface area (TPSA) is 85.1 Å². The smallest absolute Gasteiger partial charge is 0.263 e. The lowest BCUT2D eigenvalue weighted by atomic mass is 10.3. The molecule has 0 bridgehead atoms. The molecule has 0 atom stereocenters. The van der Waals surface area contributed by atoms with E-state index in [1.165, 1.54) is 36.5 Å². The first-order valence-electron chi connectivity index (χ1n) is 5.08. The second-order valence-electron chi connectivity index (χ2n) is 3.66. The van der Waals surface area contributed by atoms with Gasteiger partial charge in [0.25, 0.3) is 10.0 Å². The van der Waals surface area contributed by atoms with Crippen LogP contribution < -0.4 is 10.5 Å². The first-order valence-corrected chi connectivity index (χ1v) is 7.73. The second-order valence-corrected chi connectivity index (χ2v) is 6.56. The molecule has 0 unspecified atom stereocenters. The number of benzene rings is 1. The Kier molecular flexibility index (Phi) is 3.98. The average molecular weight is 363 g/mol. The lowest BCUT2D eigenvalue weighted by Crippen LogP contribution is -2.13. The van der Waals surface area contributed by atoms with Crippen molar-refractivity contribution in [1.29, 1.82) is 0 Å². The molecule has 1 heterocycles. The Hall–Kier alpha value is -1.31. The molecule has 0 saturated carbocycles. The van der Waals surface area contributed by atoms with Crippen LogP contribution >= 0.6 is 27.5 Å². The van der Waals surface area contributed by atoms with Crippen LogP contribution in [0.1, 0.15) is 0 Å². The van der Waals surface area contributed by atoms with Gasteiger partial charge in [0.2, 0.25) is 0 Å². The third-order valence-electron chi connectivity index (χ3n) is 2.22. The Morgan fingerprint density at radius 3 is 2.63 bits per heavy atom. The van der Waals surface area contributed by atoms with Crippen LogP contribution in [0, 0.1) is 0 Å². The molecule has 0 aliphatic heterocycles. The van der Waals surface area contributed by atoms with E-state index in [9.17, 15) is 8.42 Å². The van der Waals surface area contributed by atoms with E-state index < -0.39 is 10.0 Å². The number of rotatable bonds is 3. The molecule has 2 aromatic rings. The van der Waals surface area contributed by atoms with Crippen LogP contribution in [-0.2, 0) is 10.0 Å². The zero-order valence-corrected chi connectivity index (χ0v) is 12.6. The van der Waals surface area contributed by atoms with E-state index in [1.54, 1.807) is 0 Å². The van der Waals surface area contributed by atoms with Crippen molar-refractivity contribution in [3.63, 3.8) is 0 Å². The minimum absolute atomic E-state index is 0.0923. The van der Waals surface area contributed by atoms with Gasteiger partial charge in [0.05, 0.1) is 5.69 Å². The van der Waals surface area contributed by atoms with Crippen LogP contribution in [0.4, 0.5) is 11.4 Å². The quantitative estimate of drug-likeness (QED) is 0.649. The molecule has 0 saturated heterocycles. The summed E-state index contributed by atoms with van der Waals surface area (Å²) in [6, 6.07) is 7.39. The van der Waals surface area contributed by atoms with Gasteiger partial charge in [0, 0.05) is 16.4 Å². The highest BCUT2D eigenvalue weighted by atomic mass is 79.9. The van der Waals surface area contributed by atoms with Crippen LogP contribution in [-0.4, -0.2) is 13.4 Å². The van der Waals surface area contributed by atoms with Crippen LogP contribution in [0.25, 0.3) is 0 Å². The monoisotopic (exact) mass is 361 g/mol. The molecule has 0 aliphatic carbocycles. The van der Waals surface area contributed by atoms with E-state index in [1.807, 2.05) is 0 Å². The fourth-order valence-corrected chi connectivity index (χ4v) is 3.73. The number of nitrogens with two attached hydrogens (primary N) is 1. The van der Waals surface area contributed by atoms with Crippen molar-refractivity contribution in [3.05, 3.63) is 46.2 Å². The van der Waals surface area contributed by atoms with Crippen molar-refractivity contribution in [1.82, 2.24) is 4.98 Å². The SMILES string of the molecule is Nc1ccc(S(=O)(=O)Nc2ccnc(Cl)c2)c(Br)c1. The molecule has 100 valence electrons. The number of halogens is 2. The molecule has 0 radical (unpaired) electrons. The van der Waals surface area contributed by atoms with Gasteiger partial charge in [-0.3, -0.25) is 4.72 Å². The van der Waals surface area contributed by atoms with Gasteiger partial charge in [-0.25, -0.2) is 13.4 Å². The molecule has 1 aromatic carbocycles. The number of anilines is 2. The number of sulfonamides is 1. The molecule has 0 spiro atoms. The Labute approximate surface area is 124 Å². The Morgan fingerprint density at radius 2 is 2.00 bits per heavy atom. The van der Waals surface area contributed by atoms with Crippen LogP contribution in [0.2, 0.25) is 5.15 Å². The molecule has 5 nitrogen and oxygen atoms in total. The number of nitrogens with one attached hydrogen (secondary N) is 1. The zero-order chi connectivity index (χ0) is 14.0. The molecule has 2 rings (SSSR count). The average Bonchev–Trinajstić information content (AvgIpc) is 2.27. The van der Waals surface area contributed by atoms with Crippen molar-refractivity contribution in [2.75, 3.05) is 10.5 Å². The van der Waals surface area contributed by atoms with Gasteiger partial charge in [-0.05, 0) is 46.3 Å². The minimum atomic E-state index is -3.72. The Bertz CT molecular complexity index is 722. The normalized spacial score (nSPS) is 11.3. The summed E-state index contributed by atoms with van der Waals surface area (Å²) in [6.07, 6.45) is 1.41. The predicted octanol–water partition coefficient (Wildman–Crippen LogP) is 2.88. The van der Waals surface area contributed by atoms with Crippen molar-refractivity contribution >= 4 is 48.9 Å². The van der Waals surface area contributed by atoms with Crippen molar-refractivity contribution < 1.29 is 8.42 Å². The Morgan fingerprint density at radius 1 is 1.26 bits per heavy atom. The fraction of sp³-hybridized carbons (Fsp3) is 0. The molecular weight excluding hydrogens is 354 g/mol. The molecule has 8 heteroatoms. The standard InChI is InChI=1S/C11H9BrClN3O2S/c12-9-5-7(14)1-2-10(9)19(17,18)16-8-3-4-15-11(13)6-8/h1-6H,14H2,(H,15,16). The second kappa shape index (κ2) is 5.36. The summed E-state index contributed by atoms with van der Waals surface area (Å²) in [5.41, 5.74) is 6.38. The third kappa shape index (κ3) is 3.37. The molecule has 0 aliphatic rings. The maximum absolute atomic E-state index is 12.2. The number of hydrogen-bond acceptors (Lipinski definition) is 4.